The quantitative estimate of drug-likeness (QED) is 0.872. The fourth-order valence-electron chi connectivity index (χ4n) is 2.41. The van der Waals surface area contributed by atoms with E-state index >= 15 is 0 Å². The monoisotopic (exact) mass is 294 g/mol. The van der Waals surface area contributed by atoms with Crippen molar-refractivity contribution >= 4 is 28.5 Å². The van der Waals surface area contributed by atoms with E-state index in [1.54, 1.807) is 4.90 Å². The summed E-state index contributed by atoms with van der Waals surface area (Å²) in [6.45, 7) is 1.36. The Morgan fingerprint density at radius 3 is 3.00 bits per heavy atom. The van der Waals surface area contributed by atoms with Gasteiger partial charge in [-0.15, -0.1) is 11.6 Å². The fraction of sp³-hybridized carbons (Fsp3) is 0.462. The maximum Gasteiger partial charge on any atom is 0.237 e. The number of carbonyl (C=O) groups excluding carboxylic acids is 1. The number of aromatic amines is 1. The molecule has 0 aromatic carbocycles. The Labute approximate surface area is 121 Å². The lowest BCUT2D eigenvalue weighted by atomic mass is 10.1. The number of alkyl halides is 1. The van der Waals surface area contributed by atoms with Gasteiger partial charge in [0.2, 0.25) is 11.8 Å². The van der Waals surface area contributed by atoms with Crippen molar-refractivity contribution in [3.8, 4) is 5.88 Å². The van der Waals surface area contributed by atoms with E-state index in [-0.39, 0.29) is 17.9 Å². The van der Waals surface area contributed by atoms with Gasteiger partial charge in [-0.2, -0.15) is 0 Å². The van der Waals surface area contributed by atoms with E-state index in [0.717, 1.165) is 23.9 Å². The highest BCUT2D eigenvalue weighted by Crippen LogP contribution is 2.23. The van der Waals surface area contributed by atoms with Crippen LogP contribution in [0.25, 0.3) is 11.0 Å². The van der Waals surface area contributed by atoms with Crippen molar-refractivity contribution in [3.63, 3.8) is 0 Å². The molecular formula is C13H15ClN4O2. The largest absolute Gasteiger partial charge is 0.474 e. The van der Waals surface area contributed by atoms with Crippen LogP contribution in [0, 0.1) is 0 Å². The molecule has 0 saturated carbocycles. The highest BCUT2D eigenvalue weighted by molar-refractivity contribution is 6.27. The molecule has 0 atom stereocenters. The number of ether oxygens (including phenoxy) is 1. The number of fused-ring (bicyclic) bond motifs is 1. The smallest absolute Gasteiger partial charge is 0.237 e. The summed E-state index contributed by atoms with van der Waals surface area (Å²) in [6, 6.07) is 1.90. The van der Waals surface area contributed by atoms with Crippen LogP contribution in [-0.4, -0.2) is 50.8 Å². The van der Waals surface area contributed by atoms with Crippen LogP contribution in [0.5, 0.6) is 5.88 Å². The number of halogens is 1. The van der Waals surface area contributed by atoms with Gasteiger partial charge in [-0.05, 0) is 6.07 Å². The first-order chi connectivity index (χ1) is 9.78. The van der Waals surface area contributed by atoms with Gasteiger partial charge in [0.15, 0.2) is 0 Å². The van der Waals surface area contributed by atoms with Crippen molar-refractivity contribution in [2.45, 2.75) is 18.9 Å². The average Bonchev–Trinajstić information content (AvgIpc) is 2.97. The number of carbonyl (C=O) groups is 1. The van der Waals surface area contributed by atoms with Crippen LogP contribution in [0.15, 0.2) is 18.6 Å². The minimum absolute atomic E-state index is 0.0137. The highest BCUT2D eigenvalue weighted by atomic mass is 35.5. The minimum atomic E-state index is -0.0137. The molecule has 3 rings (SSSR count). The molecule has 0 unspecified atom stereocenters. The van der Waals surface area contributed by atoms with Crippen LogP contribution in [0.1, 0.15) is 12.8 Å². The predicted octanol–water partition coefficient (Wildman–Crippen LogP) is 1.57. The maximum atomic E-state index is 11.5. The summed E-state index contributed by atoms with van der Waals surface area (Å²) in [7, 11) is 0. The van der Waals surface area contributed by atoms with Crippen LogP contribution in [-0.2, 0) is 4.79 Å². The molecule has 0 aliphatic carbocycles. The third-order valence-corrected chi connectivity index (χ3v) is 3.73. The zero-order valence-electron chi connectivity index (χ0n) is 10.9. The summed E-state index contributed by atoms with van der Waals surface area (Å²) in [5, 5.41) is 0.881. The second-order valence-corrected chi connectivity index (χ2v) is 5.02. The summed E-state index contributed by atoms with van der Waals surface area (Å²) in [5.41, 5.74) is 0.768. The number of H-pyrrole nitrogens is 1. The molecule has 0 bridgehead atoms. The van der Waals surface area contributed by atoms with Gasteiger partial charge in [-0.25, -0.2) is 9.97 Å². The SMILES string of the molecule is O=C(CCl)N1CCC(Oc2ncnc3[nH]ccc23)CC1. The molecule has 1 aliphatic heterocycles. The Balaban J connectivity index is 1.65. The molecule has 20 heavy (non-hydrogen) atoms. The zero-order valence-corrected chi connectivity index (χ0v) is 11.6. The predicted molar refractivity (Wildman–Crippen MR) is 74.8 cm³/mol. The number of piperidine rings is 1. The van der Waals surface area contributed by atoms with Gasteiger partial charge in [0.1, 0.15) is 24.0 Å². The van der Waals surface area contributed by atoms with Crippen LogP contribution in [0.4, 0.5) is 0 Å². The number of rotatable bonds is 3. The number of hydrogen-bond acceptors (Lipinski definition) is 4. The summed E-state index contributed by atoms with van der Waals surface area (Å²) in [6.07, 6.45) is 4.95. The number of nitrogens with zero attached hydrogens (tertiary/aromatic N) is 3. The van der Waals surface area contributed by atoms with E-state index in [2.05, 4.69) is 15.0 Å². The Kier molecular flexibility index (Phi) is 3.73. The lowest BCUT2D eigenvalue weighted by molar-refractivity contribution is -0.130. The van der Waals surface area contributed by atoms with Gasteiger partial charge in [-0.1, -0.05) is 0 Å². The molecule has 6 nitrogen and oxygen atoms in total. The highest BCUT2D eigenvalue weighted by Gasteiger charge is 2.24. The fourth-order valence-corrected chi connectivity index (χ4v) is 2.58. The Hall–Kier alpha value is -1.82. The van der Waals surface area contributed by atoms with Crippen LogP contribution < -0.4 is 4.74 Å². The molecule has 1 amide bonds. The van der Waals surface area contributed by atoms with E-state index in [1.165, 1.54) is 6.33 Å². The molecule has 7 heteroatoms. The molecule has 3 heterocycles. The Bertz CT molecular complexity index is 607. The van der Waals surface area contributed by atoms with Gasteiger partial charge in [0.05, 0.1) is 5.39 Å². The van der Waals surface area contributed by atoms with Crippen LogP contribution >= 0.6 is 11.6 Å². The van der Waals surface area contributed by atoms with E-state index in [0.29, 0.717) is 19.0 Å². The molecular weight excluding hydrogens is 280 g/mol. The van der Waals surface area contributed by atoms with E-state index in [4.69, 9.17) is 16.3 Å². The Morgan fingerprint density at radius 1 is 1.45 bits per heavy atom. The van der Waals surface area contributed by atoms with Crippen molar-refractivity contribution < 1.29 is 9.53 Å². The molecule has 1 aliphatic rings. The number of amides is 1. The summed E-state index contributed by atoms with van der Waals surface area (Å²) in [4.78, 5) is 24.6. The second-order valence-electron chi connectivity index (χ2n) is 4.75. The van der Waals surface area contributed by atoms with Gasteiger partial charge >= 0.3 is 0 Å². The lowest BCUT2D eigenvalue weighted by Crippen LogP contribution is -2.42. The van der Waals surface area contributed by atoms with Gasteiger partial charge in [0.25, 0.3) is 0 Å². The molecule has 1 saturated heterocycles. The lowest BCUT2D eigenvalue weighted by Gasteiger charge is -2.31. The summed E-state index contributed by atoms with van der Waals surface area (Å²) < 4.78 is 5.95. The van der Waals surface area contributed by atoms with Crippen LogP contribution in [0.2, 0.25) is 0 Å². The molecule has 1 N–H and O–H groups in total. The van der Waals surface area contributed by atoms with E-state index in [9.17, 15) is 4.79 Å². The van der Waals surface area contributed by atoms with Crippen molar-refractivity contribution in [1.29, 1.82) is 0 Å². The molecule has 2 aromatic rings. The summed E-state index contributed by atoms with van der Waals surface area (Å²) in [5.74, 6) is 0.625. The first-order valence-corrected chi connectivity index (χ1v) is 7.10. The number of nitrogens with one attached hydrogen (secondary N) is 1. The van der Waals surface area contributed by atoms with Crippen molar-refractivity contribution in [2.75, 3.05) is 19.0 Å². The zero-order chi connectivity index (χ0) is 13.9. The third kappa shape index (κ3) is 2.56. The molecule has 0 spiro atoms. The number of likely N-dealkylation sites (tertiary alicyclic amines) is 1. The standard InChI is InChI=1S/C13H15ClN4O2/c14-7-11(19)18-5-2-9(3-6-18)20-13-10-1-4-15-12(10)16-8-17-13/h1,4,8-9H,2-3,5-7H2,(H,15,16,17). The number of hydrogen-bond donors (Lipinski definition) is 1. The molecule has 2 aromatic heterocycles. The first kappa shape index (κ1) is 13.2. The normalized spacial score (nSPS) is 16.6. The van der Waals surface area contributed by atoms with Gasteiger partial charge < -0.3 is 14.6 Å². The second kappa shape index (κ2) is 5.66. The van der Waals surface area contributed by atoms with Crippen LogP contribution in [0.3, 0.4) is 0 Å². The van der Waals surface area contributed by atoms with Crippen molar-refractivity contribution in [2.24, 2.45) is 0 Å². The summed E-state index contributed by atoms with van der Waals surface area (Å²) >= 11 is 5.56. The van der Waals surface area contributed by atoms with Gasteiger partial charge in [-0.3, -0.25) is 4.79 Å². The van der Waals surface area contributed by atoms with Gasteiger partial charge in [0, 0.05) is 32.1 Å². The third-order valence-electron chi connectivity index (χ3n) is 3.50. The number of aromatic nitrogens is 3. The van der Waals surface area contributed by atoms with Crippen molar-refractivity contribution in [3.05, 3.63) is 18.6 Å². The molecule has 106 valence electrons. The molecule has 1 fully saturated rings. The van der Waals surface area contributed by atoms with E-state index in [1.807, 2.05) is 12.3 Å². The maximum absolute atomic E-state index is 11.5. The Morgan fingerprint density at radius 2 is 2.25 bits per heavy atom. The average molecular weight is 295 g/mol. The van der Waals surface area contributed by atoms with E-state index < -0.39 is 0 Å². The molecule has 0 radical (unpaired) electrons. The van der Waals surface area contributed by atoms with Crippen molar-refractivity contribution in [1.82, 2.24) is 19.9 Å². The topological polar surface area (TPSA) is 71.1 Å². The first-order valence-electron chi connectivity index (χ1n) is 6.56. The minimum Gasteiger partial charge on any atom is -0.474 e.